The second kappa shape index (κ2) is 34.4. The number of hydrogen-bond acceptors (Lipinski definition) is 18. The summed E-state index contributed by atoms with van der Waals surface area (Å²) in [6.45, 7) is 0. The number of hydrogen-bond donors (Lipinski definition) is 0. The Bertz CT molecular complexity index is 10900. The molecule has 0 amide bonds. The smallest absolute Gasteiger partial charge is 0.238 e. The first kappa shape index (κ1) is 84.6. The minimum absolute atomic E-state index is 0.587. The average Bonchev–Trinajstić information content (AvgIpc) is 1.53. The lowest BCUT2D eigenvalue weighted by Gasteiger charge is -2.12. The molecular formula is C126H71N15S6. The molecule has 15 nitrogen and oxygen atoms in total. The molecule has 0 unspecified atom stereocenters. The summed E-state index contributed by atoms with van der Waals surface area (Å²) in [5.41, 5.74) is 16.6. The van der Waals surface area contributed by atoms with Gasteiger partial charge in [0, 0.05) is 188 Å². The lowest BCUT2D eigenvalue weighted by atomic mass is 10.0. The van der Waals surface area contributed by atoms with Gasteiger partial charge in [-0.3, -0.25) is 9.13 Å². The van der Waals surface area contributed by atoms with Gasteiger partial charge >= 0.3 is 0 Å². The maximum atomic E-state index is 5.29. The van der Waals surface area contributed by atoms with Gasteiger partial charge in [-0.2, -0.15) is 19.9 Å². The highest BCUT2D eigenvalue weighted by molar-refractivity contribution is 7.31. The summed E-state index contributed by atoms with van der Waals surface area (Å²) in [7, 11) is 0. The van der Waals surface area contributed by atoms with E-state index in [1.54, 1.807) is 34.0 Å². The predicted molar refractivity (Wildman–Crippen MR) is 617 cm³/mol. The van der Waals surface area contributed by atoms with Gasteiger partial charge in [-0.15, -0.1) is 68.0 Å². The molecule has 0 fully saturated rings. The zero-order valence-electron chi connectivity index (χ0n) is 77.6. The Balaban J connectivity index is 0.000000102. The number of para-hydroxylation sites is 3. The van der Waals surface area contributed by atoms with Crippen LogP contribution in [-0.4, -0.2) is 73.5 Å². The minimum atomic E-state index is 0.587. The molecule has 0 N–H and O–H groups in total. The van der Waals surface area contributed by atoms with Crippen LogP contribution in [0.5, 0.6) is 0 Å². The van der Waals surface area contributed by atoms with Crippen molar-refractivity contribution in [3.05, 3.63) is 431 Å². The molecule has 0 aliphatic heterocycles. The monoisotopic (exact) mass is 1990 g/mol. The van der Waals surface area contributed by atoms with Crippen LogP contribution in [0, 0.1) is 0 Å². The predicted octanol–water partition coefficient (Wildman–Crippen LogP) is 34.6. The standard InChI is InChI=1S/2C44H25N5S2.C38H21N5S2/c1-3-13-26(14-4-1)41-46-42(27-15-5-2-6-16-27)48-43(47-41)28-17-11-18-29(25-28)49-33-22-9-7-19-30(33)37-38(49)40-36(32-21-12-24-45-44(32)51-40)35-31-20-8-10-23-34(31)50-39(35)37;1-3-12-26(13-4-1)27-21-23-29(24-22-27)42-46-41(28-14-5-2-6-15-28)47-44(48-42)49-33-19-9-7-16-30(33)37-38(49)40-36(32-18-11-25-45-43(32)51-40)35-31-17-8-10-20-34(31)50-39(35)37;1-3-12-22(13-4-1)35-40-36(23-14-5-2-6-15-23)42-38(41-35)43-27-19-9-7-16-24(27)31-32(43)34-30(26-18-11-21-39-37(26)45-34)29-25-17-8-10-20-28(25)44-33(29)31/h2*1-25H;1-21H. The molecule has 0 saturated heterocycles. The first-order chi connectivity index (χ1) is 72.9. The van der Waals surface area contributed by atoms with E-state index in [0.29, 0.717) is 52.7 Å². The molecule has 0 bridgehead atoms. The number of nitrogens with zero attached hydrogens (tertiary/aromatic N) is 15. The topological polar surface area (TPSA) is 169 Å². The van der Waals surface area contributed by atoms with E-state index in [9.17, 15) is 0 Å². The molecule has 21 heteroatoms. The van der Waals surface area contributed by atoms with E-state index in [1.165, 1.54) is 150 Å². The van der Waals surface area contributed by atoms with Crippen molar-refractivity contribution in [1.82, 2.24) is 73.5 Å². The van der Waals surface area contributed by atoms with Crippen molar-refractivity contribution in [3.8, 4) is 108 Å². The summed E-state index contributed by atoms with van der Waals surface area (Å²) in [6.07, 6.45) is 5.68. The van der Waals surface area contributed by atoms with Crippen LogP contribution in [0.1, 0.15) is 0 Å². The molecule has 32 rings (SSSR count). The third-order valence-electron chi connectivity index (χ3n) is 27.9. The van der Waals surface area contributed by atoms with Crippen LogP contribution < -0.4 is 0 Å². The SMILES string of the molecule is c1ccc(-c2ccc(-c3nc(-c4ccccc4)nc(-n4c5ccccc5c5c6sc7ccccc7c6c6c7cccnc7sc6c54)n3)cc2)cc1.c1ccc(-c2nc(-c3ccccc3)nc(-c3cccc(-n4c5ccccc5c5c6sc7ccccc7c6c6c7cccnc7sc6c54)c3)n2)cc1.c1ccc(-c2nc(-c3ccccc3)nc(-n3c4ccccc4c4c5sc6ccccc6c5c5c6cccnc6sc5c43)n2)cc1. The zero-order valence-corrected chi connectivity index (χ0v) is 82.5. The molecule has 15 aromatic heterocycles. The van der Waals surface area contributed by atoms with Crippen molar-refractivity contribution in [2.45, 2.75) is 0 Å². The van der Waals surface area contributed by atoms with Gasteiger partial charge in [-0.1, -0.05) is 328 Å². The first-order valence-electron chi connectivity index (χ1n) is 48.4. The lowest BCUT2D eigenvalue weighted by molar-refractivity contribution is 0.955. The van der Waals surface area contributed by atoms with Crippen LogP contribution in [-0.2, 0) is 0 Å². The van der Waals surface area contributed by atoms with E-state index in [0.717, 1.165) is 92.3 Å². The van der Waals surface area contributed by atoms with Gasteiger partial charge in [-0.05, 0) is 96.1 Å². The van der Waals surface area contributed by atoms with Crippen LogP contribution in [0.2, 0.25) is 0 Å². The number of rotatable bonds is 11. The van der Waals surface area contributed by atoms with Gasteiger partial charge in [-0.25, -0.2) is 39.9 Å². The van der Waals surface area contributed by atoms with Crippen molar-refractivity contribution < 1.29 is 0 Å². The minimum Gasteiger partial charge on any atom is -0.308 e. The summed E-state index contributed by atoms with van der Waals surface area (Å²) in [5.74, 6) is 5.65. The van der Waals surface area contributed by atoms with E-state index in [-0.39, 0.29) is 0 Å². The Labute approximate surface area is 860 Å². The molecule has 0 atom stereocenters. The molecule has 32 aromatic rings. The maximum Gasteiger partial charge on any atom is 0.238 e. The van der Waals surface area contributed by atoms with Crippen LogP contribution in [0.4, 0.5) is 0 Å². The number of pyridine rings is 3. The average molecular weight is 1990 g/mol. The summed E-state index contributed by atoms with van der Waals surface area (Å²) in [6, 6.07) is 143. The number of thiophene rings is 6. The summed E-state index contributed by atoms with van der Waals surface area (Å²) in [5, 5.41) is 22.4. The van der Waals surface area contributed by atoms with E-state index < -0.39 is 0 Å². The fourth-order valence-corrected chi connectivity index (χ4v) is 28.9. The molecule has 686 valence electrons. The Hall–Kier alpha value is -18.1. The van der Waals surface area contributed by atoms with Crippen molar-refractivity contribution in [3.63, 3.8) is 0 Å². The van der Waals surface area contributed by atoms with E-state index >= 15 is 0 Å². The van der Waals surface area contributed by atoms with Crippen molar-refractivity contribution in [2.24, 2.45) is 0 Å². The second-order valence-corrected chi connectivity index (χ2v) is 42.5. The van der Waals surface area contributed by atoms with Crippen molar-refractivity contribution in [1.29, 1.82) is 0 Å². The molecule has 15 heterocycles. The fourth-order valence-electron chi connectivity index (χ4n) is 21.6. The Morgan fingerprint density at radius 3 is 0.755 bits per heavy atom. The van der Waals surface area contributed by atoms with E-state index in [1.807, 2.05) is 186 Å². The third kappa shape index (κ3) is 13.7. The molecule has 0 aliphatic carbocycles. The number of fused-ring (bicyclic) bond motifs is 36. The maximum absolute atomic E-state index is 5.29. The zero-order chi connectivity index (χ0) is 96.4. The molecule has 0 radical (unpaired) electrons. The highest BCUT2D eigenvalue weighted by Gasteiger charge is 2.32. The van der Waals surface area contributed by atoms with Gasteiger partial charge in [0.05, 0.1) is 47.2 Å². The first-order valence-corrected chi connectivity index (χ1v) is 53.3. The Kier molecular flexibility index (Phi) is 19.8. The van der Waals surface area contributed by atoms with Gasteiger partial charge in [0.1, 0.15) is 14.5 Å². The summed E-state index contributed by atoms with van der Waals surface area (Å²) >= 11 is 10.9. The molecule has 147 heavy (non-hydrogen) atoms. The van der Waals surface area contributed by atoms with Crippen molar-refractivity contribution >= 4 is 255 Å². The van der Waals surface area contributed by atoms with Gasteiger partial charge in [0.15, 0.2) is 40.8 Å². The lowest BCUT2D eigenvalue weighted by Crippen LogP contribution is -2.06. The molecular weight excluding hydrogens is 1920 g/mol. The normalized spacial score (nSPS) is 11.9. The molecule has 17 aromatic carbocycles. The fraction of sp³-hybridized carbons (Fsp3) is 0. The molecule has 0 spiro atoms. The van der Waals surface area contributed by atoms with Crippen LogP contribution in [0.3, 0.4) is 0 Å². The van der Waals surface area contributed by atoms with Crippen LogP contribution in [0.25, 0.3) is 295 Å². The highest BCUT2D eigenvalue weighted by Crippen LogP contribution is 2.57. The number of benzene rings is 17. The Morgan fingerprint density at radius 1 is 0.163 bits per heavy atom. The highest BCUT2D eigenvalue weighted by atomic mass is 32.1. The Morgan fingerprint density at radius 2 is 0.408 bits per heavy atom. The number of aromatic nitrogens is 15. The van der Waals surface area contributed by atoms with E-state index in [2.05, 4.69) is 293 Å². The summed E-state index contributed by atoms with van der Waals surface area (Å²) < 4.78 is 18.3. The van der Waals surface area contributed by atoms with Crippen molar-refractivity contribution in [2.75, 3.05) is 0 Å². The van der Waals surface area contributed by atoms with E-state index in [4.69, 9.17) is 59.8 Å². The second-order valence-electron chi connectivity index (χ2n) is 36.3. The quantitative estimate of drug-likeness (QED) is 0.120. The third-order valence-corrected chi connectivity index (χ3v) is 34.9. The summed E-state index contributed by atoms with van der Waals surface area (Å²) in [4.78, 5) is 63.7. The largest absolute Gasteiger partial charge is 0.308 e. The van der Waals surface area contributed by atoms with Gasteiger partial charge in [0.2, 0.25) is 11.9 Å². The van der Waals surface area contributed by atoms with Gasteiger partial charge in [0.25, 0.3) is 0 Å². The molecule has 0 saturated carbocycles. The van der Waals surface area contributed by atoms with Crippen LogP contribution in [0.15, 0.2) is 431 Å². The molecule has 0 aliphatic rings. The van der Waals surface area contributed by atoms with Crippen LogP contribution >= 0.6 is 68.0 Å². The van der Waals surface area contributed by atoms with Gasteiger partial charge < -0.3 is 4.57 Å².